The number of carbonyl (C=O) groups excluding carboxylic acids is 2. The van der Waals surface area contributed by atoms with E-state index in [1.165, 1.54) is 38.5 Å². The fraction of sp³-hybridized carbons (Fsp3) is 0.429. The average Bonchev–Trinajstić information content (AvgIpc) is 3.01. The normalized spacial score (nSPS) is 20.6. The zero-order valence-electron chi connectivity index (χ0n) is 24.1. The van der Waals surface area contributed by atoms with E-state index < -0.39 is 25.2 Å². The molecule has 0 saturated heterocycles. The molecule has 2 aliphatic rings. The van der Waals surface area contributed by atoms with Crippen molar-refractivity contribution in [1.29, 1.82) is 0 Å². The summed E-state index contributed by atoms with van der Waals surface area (Å²) in [5.41, 5.74) is 3.85. The van der Waals surface area contributed by atoms with Crippen LogP contribution in [0, 0.1) is 17.8 Å². The summed E-state index contributed by atoms with van der Waals surface area (Å²) in [4.78, 5) is 24.4. The van der Waals surface area contributed by atoms with E-state index in [-0.39, 0.29) is 11.1 Å². The minimum atomic E-state index is -0.672. The van der Waals surface area contributed by atoms with E-state index in [4.69, 9.17) is 14.6 Å². The molecule has 2 aromatic carbocycles. The summed E-state index contributed by atoms with van der Waals surface area (Å²) in [6.45, 7) is 8.46. The minimum absolute atomic E-state index is 0.00501. The number of hydrogen-bond donors (Lipinski definition) is 2. The Kier molecular flexibility index (Phi) is 10.7. The van der Waals surface area contributed by atoms with Crippen LogP contribution in [0.3, 0.4) is 0 Å². The van der Waals surface area contributed by atoms with Crippen LogP contribution in [0.25, 0.3) is 16.7 Å². The number of aliphatic hydroxyl groups is 2. The first kappa shape index (κ1) is 30.5. The first-order valence-electron chi connectivity index (χ1n) is 14.8. The van der Waals surface area contributed by atoms with Gasteiger partial charge in [0.05, 0.1) is 24.4 Å². The smallest absolute Gasteiger partial charge is 0.341 e. The van der Waals surface area contributed by atoms with Crippen molar-refractivity contribution in [2.24, 2.45) is 17.8 Å². The number of esters is 2. The molecule has 1 saturated carbocycles. The monoisotopic (exact) mass is 558 g/mol. The van der Waals surface area contributed by atoms with Gasteiger partial charge in [-0.05, 0) is 90.8 Å². The number of aliphatic hydroxyl groups excluding tert-OH is 2. The quantitative estimate of drug-likeness (QED) is 0.174. The van der Waals surface area contributed by atoms with Crippen molar-refractivity contribution in [2.45, 2.75) is 64.7 Å². The maximum atomic E-state index is 12.5. The zero-order chi connectivity index (χ0) is 29.4. The summed E-state index contributed by atoms with van der Waals surface area (Å²) >= 11 is 0. The van der Waals surface area contributed by atoms with E-state index in [0.717, 1.165) is 53.4 Å². The summed E-state index contributed by atoms with van der Waals surface area (Å²) in [6.07, 6.45) is 13.4. The van der Waals surface area contributed by atoms with E-state index in [1.807, 2.05) is 24.3 Å². The molecule has 0 radical (unpaired) electrons. The van der Waals surface area contributed by atoms with Crippen LogP contribution < -0.4 is 9.47 Å². The predicted octanol–water partition coefficient (Wildman–Crippen LogP) is 7.05. The van der Waals surface area contributed by atoms with Crippen LogP contribution >= 0.6 is 0 Å². The molecular formula is C35H42O6. The van der Waals surface area contributed by atoms with E-state index in [1.54, 1.807) is 18.2 Å². The van der Waals surface area contributed by atoms with Crippen LogP contribution in [0.15, 0.2) is 72.8 Å². The van der Waals surface area contributed by atoms with Crippen molar-refractivity contribution in [1.82, 2.24) is 0 Å². The highest BCUT2D eigenvalue weighted by Crippen LogP contribution is 2.44. The maximum absolute atomic E-state index is 12.5. The molecule has 6 nitrogen and oxygen atoms in total. The van der Waals surface area contributed by atoms with Crippen LogP contribution in [-0.2, 0) is 9.59 Å². The van der Waals surface area contributed by atoms with E-state index in [0.29, 0.717) is 17.4 Å². The Morgan fingerprint density at radius 2 is 1.46 bits per heavy atom. The maximum Gasteiger partial charge on any atom is 0.341 e. The Morgan fingerprint density at radius 1 is 0.829 bits per heavy atom. The van der Waals surface area contributed by atoms with Gasteiger partial charge in [0.25, 0.3) is 0 Å². The van der Waals surface area contributed by atoms with Crippen molar-refractivity contribution in [3.8, 4) is 22.6 Å². The highest BCUT2D eigenvalue weighted by Gasteiger charge is 2.29. The van der Waals surface area contributed by atoms with Gasteiger partial charge in [-0.2, -0.15) is 0 Å². The van der Waals surface area contributed by atoms with Crippen LogP contribution in [-0.4, -0.2) is 35.4 Å². The summed E-state index contributed by atoms with van der Waals surface area (Å²) in [6, 6.07) is 12.8. The number of carbonyl (C=O) groups is 2. The second-order valence-electron chi connectivity index (χ2n) is 11.4. The Hall–Kier alpha value is -3.48. The molecule has 0 bridgehead atoms. The highest BCUT2D eigenvalue weighted by molar-refractivity contribution is 5.91. The number of allylic oxidation sites excluding steroid dienone is 2. The lowest BCUT2D eigenvalue weighted by Crippen LogP contribution is -2.23. The predicted molar refractivity (Wildman–Crippen MR) is 161 cm³/mol. The standard InChI is InChI=1S/C35H42O6/c1-4-5-25-6-8-26(9-7-25)27-10-12-29(13-11-27)32-20-30(16-19-33(32)41-35(39)24(3)22-37)28-14-17-31(18-15-28)40-34(38)23(2)21-36/h12,14-20,25-27,36-37H,2-11,13,21-22H2,1H3. The van der Waals surface area contributed by atoms with Crippen molar-refractivity contribution in [2.75, 3.05) is 13.2 Å². The Morgan fingerprint density at radius 3 is 2.05 bits per heavy atom. The molecule has 4 rings (SSSR count). The molecule has 218 valence electrons. The van der Waals surface area contributed by atoms with Crippen LogP contribution in [0.1, 0.15) is 70.3 Å². The molecule has 1 unspecified atom stereocenters. The lowest BCUT2D eigenvalue weighted by Gasteiger charge is -2.35. The van der Waals surface area contributed by atoms with Gasteiger partial charge in [0.1, 0.15) is 11.5 Å². The molecule has 2 N–H and O–H groups in total. The van der Waals surface area contributed by atoms with Gasteiger partial charge in [0.15, 0.2) is 0 Å². The van der Waals surface area contributed by atoms with Gasteiger partial charge in [-0.25, -0.2) is 9.59 Å². The van der Waals surface area contributed by atoms with Crippen LogP contribution in [0.4, 0.5) is 0 Å². The van der Waals surface area contributed by atoms with E-state index in [9.17, 15) is 14.7 Å². The third-order valence-electron chi connectivity index (χ3n) is 8.59. The van der Waals surface area contributed by atoms with Gasteiger partial charge in [-0.3, -0.25) is 0 Å². The summed E-state index contributed by atoms with van der Waals surface area (Å²) in [7, 11) is 0. The largest absolute Gasteiger partial charge is 0.423 e. The lowest BCUT2D eigenvalue weighted by molar-refractivity contribution is -0.131. The van der Waals surface area contributed by atoms with E-state index >= 15 is 0 Å². The summed E-state index contributed by atoms with van der Waals surface area (Å²) < 4.78 is 10.9. The average molecular weight is 559 g/mol. The van der Waals surface area contributed by atoms with Crippen molar-refractivity contribution in [3.63, 3.8) is 0 Å². The minimum Gasteiger partial charge on any atom is -0.423 e. The molecule has 1 atom stereocenters. The fourth-order valence-corrected chi connectivity index (χ4v) is 6.13. The zero-order valence-corrected chi connectivity index (χ0v) is 24.1. The Balaban J connectivity index is 1.54. The Bertz CT molecular complexity index is 1280. The van der Waals surface area contributed by atoms with Gasteiger partial charge < -0.3 is 19.7 Å². The van der Waals surface area contributed by atoms with Gasteiger partial charge in [0.2, 0.25) is 0 Å². The van der Waals surface area contributed by atoms with Crippen molar-refractivity contribution >= 4 is 17.5 Å². The molecule has 0 amide bonds. The highest BCUT2D eigenvalue weighted by atomic mass is 16.5. The topological polar surface area (TPSA) is 93.1 Å². The first-order chi connectivity index (χ1) is 19.8. The summed E-state index contributed by atoms with van der Waals surface area (Å²) in [5, 5.41) is 18.4. The number of ether oxygens (including phenoxy) is 2. The number of hydrogen-bond acceptors (Lipinski definition) is 6. The molecule has 2 aliphatic carbocycles. The van der Waals surface area contributed by atoms with Gasteiger partial charge >= 0.3 is 11.9 Å². The number of rotatable bonds is 11. The van der Waals surface area contributed by atoms with Gasteiger partial charge in [-0.15, -0.1) is 0 Å². The molecule has 0 aromatic heterocycles. The van der Waals surface area contributed by atoms with Crippen LogP contribution in [0.5, 0.6) is 11.5 Å². The number of benzene rings is 2. The van der Waals surface area contributed by atoms with Crippen molar-refractivity contribution in [3.05, 3.63) is 78.4 Å². The van der Waals surface area contributed by atoms with Gasteiger partial charge in [0, 0.05) is 5.56 Å². The fourth-order valence-electron chi connectivity index (χ4n) is 6.13. The first-order valence-corrected chi connectivity index (χ1v) is 14.8. The molecule has 2 aromatic rings. The lowest BCUT2D eigenvalue weighted by atomic mass is 9.70. The summed E-state index contributed by atoms with van der Waals surface area (Å²) in [5.74, 6) is 1.88. The van der Waals surface area contributed by atoms with Crippen LogP contribution in [0.2, 0.25) is 0 Å². The molecule has 41 heavy (non-hydrogen) atoms. The molecule has 0 heterocycles. The molecular weight excluding hydrogens is 516 g/mol. The van der Waals surface area contributed by atoms with E-state index in [2.05, 4.69) is 26.2 Å². The second kappa shape index (κ2) is 14.4. The van der Waals surface area contributed by atoms with Crippen molar-refractivity contribution < 1.29 is 29.3 Å². The molecule has 6 heteroatoms. The van der Waals surface area contributed by atoms with Gasteiger partial charge in [-0.1, -0.05) is 70.0 Å². The second-order valence-corrected chi connectivity index (χ2v) is 11.4. The molecule has 1 fully saturated rings. The Labute approximate surface area is 243 Å². The SMILES string of the molecule is C=C(CO)C(=O)Oc1ccc(-c2ccc(OC(=O)C(=C)CO)c(C3=CCC(C4CCC(CCC)CC4)CC3)c2)cc1. The third kappa shape index (κ3) is 7.84. The molecule has 0 spiro atoms. The molecule has 0 aliphatic heterocycles. The third-order valence-corrected chi connectivity index (χ3v) is 8.59.